The lowest BCUT2D eigenvalue weighted by Crippen LogP contribution is -2.11. The molecular formula is C21H26N2O4. The maximum Gasteiger partial charge on any atom is 0.192 e. The lowest BCUT2D eigenvalue weighted by molar-refractivity contribution is 0.103. The van der Waals surface area contributed by atoms with Gasteiger partial charge in [-0.25, -0.2) is 0 Å². The Kier molecular flexibility index (Phi) is 6.34. The molecular weight excluding hydrogens is 344 g/mol. The Bertz CT molecular complexity index is 873. The summed E-state index contributed by atoms with van der Waals surface area (Å²) >= 11 is 0. The molecule has 144 valence electrons. The molecule has 0 bridgehead atoms. The van der Waals surface area contributed by atoms with Gasteiger partial charge in [-0.05, 0) is 42.3 Å². The van der Waals surface area contributed by atoms with Gasteiger partial charge in [-0.3, -0.25) is 4.79 Å². The van der Waals surface area contributed by atoms with E-state index in [-0.39, 0.29) is 5.78 Å². The number of methoxy groups -OCH3 is 3. The Hall–Kier alpha value is -3.15. The van der Waals surface area contributed by atoms with E-state index in [0.29, 0.717) is 34.1 Å². The molecule has 0 saturated heterocycles. The highest BCUT2D eigenvalue weighted by molar-refractivity contribution is 6.13. The average Bonchev–Trinajstić information content (AvgIpc) is 2.67. The monoisotopic (exact) mass is 370 g/mol. The molecule has 0 amide bonds. The second-order valence-electron chi connectivity index (χ2n) is 6.28. The quantitative estimate of drug-likeness (QED) is 0.456. The lowest BCUT2D eigenvalue weighted by Gasteiger charge is -2.16. The van der Waals surface area contributed by atoms with Crippen molar-refractivity contribution in [3.63, 3.8) is 0 Å². The van der Waals surface area contributed by atoms with Crippen LogP contribution in [0.5, 0.6) is 17.2 Å². The van der Waals surface area contributed by atoms with Crippen LogP contribution in [0.2, 0.25) is 0 Å². The summed E-state index contributed by atoms with van der Waals surface area (Å²) in [6.07, 6.45) is 1.82. The number of Topliss-reactive ketones (excluding diaryl/α,β-unsaturated/α-hetero) is 1. The third kappa shape index (κ3) is 4.34. The van der Waals surface area contributed by atoms with E-state index in [1.54, 1.807) is 19.1 Å². The highest BCUT2D eigenvalue weighted by atomic mass is 16.5. The number of rotatable bonds is 7. The van der Waals surface area contributed by atoms with Crippen molar-refractivity contribution in [1.82, 2.24) is 0 Å². The summed E-state index contributed by atoms with van der Waals surface area (Å²) in [6, 6.07) is 8.93. The Balaban J connectivity index is 2.45. The zero-order valence-corrected chi connectivity index (χ0v) is 16.6. The first kappa shape index (κ1) is 20.2. The van der Waals surface area contributed by atoms with Crippen LogP contribution < -0.4 is 24.8 Å². The maximum absolute atomic E-state index is 13.0. The van der Waals surface area contributed by atoms with Crippen molar-refractivity contribution in [2.75, 3.05) is 46.1 Å². The molecule has 2 aromatic rings. The predicted molar refractivity (Wildman–Crippen MR) is 109 cm³/mol. The first-order chi connectivity index (χ1) is 12.8. The molecule has 0 aromatic heterocycles. The van der Waals surface area contributed by atoms with Gasteiger partial charge in [0.25, 0.3) is 0 Å². The molecule has 0 fully saturated rings. The fourth-order valence-corrected chi connectivity index (χ4v) is 2.77. The number of nitrogens with zero attached hydrogens (tertiary/aromatic N) is 1. The molecule has 0 unspecified atom stereocenters. The van der Waals surface area contributed by atoms with Crippen LogP contribution >= 0.6 is 0 Å². The number of carbonyl (C=O) groups is 1. The van der Waals surface area contributed by atoms with E-state index in [4.69, 9.17) is 19.9 Å². The fourth-order valence-electron chi connectivity index (χ4n) is 2.77. The fraction of sp³-hybridized carbons (Fsp3) is 0.286. The molecule has 2 N–H and O–H groups in total. The SMILES string of the molecule is COc1cc(OC)c(C(=O)C(C)=Cc2ccc(N)c(N(C)C)c2)cc1OC. The summed E-state index contributed by atoms with van der Waals surface area (Å²) in [4.78, 5) is 14.9. The van der Waals surface area contributed by atoms with Gasteiger partial charge in [-0.15, -0.1) is 0 Å². The van der Waals surface area contributed by atoms with Gasteiger partial charge >= 0.3 is 0 Å². The van der Waals surface area contributed by atoms with E-state index in [1.165, 1.54) is 21.3 Å². The highest BCUT2D eigenvalue weighted by Crippen LogP contribution is 2.36. The van der Waals surface area contributed by atoms with E-state index in [2.05, 4.69) is 0 Å². The van der Waals surface area contributed by atoms with Crippen molar-refractivity contribution in [2.24, 2.45) is 0 Å². The highest BCUT2D eigenvalue weighted by Gasteiger charge is 2.19. The minimum absolute atomic E-state index is 0.156. The van der Waals surface area contributed by atoms with Crippen LogP contribution in [0, 0.1) is 0 Å². The summed E-state index contributed by atoms with van der Waals surface area (Å²) in [5.41, 5.74) is 9.44. The van der Waals surface area contributed by atoms with Crippen molar-refractivity contribution < 1.29 is 19.0 Å². The van der Waals surface area contributed by atoms with Gasteiger partial charge in [0.15, 0.2) is 17.3 Å². The van der Waals surface area contributed by atoms with E-state index in [0.717, 1.165) is 11.3 Å². The zero-order chi connectivity index (χ0) is 20.1. The van der Waals surface area contributed by atoms with Gasteiger partial charge in [0.1, 0.15) is 5.75 Å². The molecule has 0 aliphatic rings. The summed E-state index contributed by atoms with van der Waals surface area (Å²) < 4.78 is 15.9. The van der Waals surface area contributed by atoms with Gasteiger partial charge in [0.05, 0.1) is 38.3 Å². The first-order valence-corrected chi connectivity index (χ1v) is 8.42. The molecule has 2 rings (SSSR count). The second kappa shape index (κ2) is 8.49. The summed E-state index contributed by atoms with van der Waals surface area (Å²) in [5.74, 6) is 1.24. The Morgan fingerprint density at radius 2 is 1.56 bits per heavy atom. The van der Waals surface area contributed by atoms with E-state index >= 15 is 0 Å². The maximum atomic E-state index is 13.0. The Morgan fingerprint density at radius 3 is 2.11 bits per heavy atom. The number of nitrogens with two attached hydrogens (primary N) is 1. The molecule has 6 nitrogen and oxygen atoms in total. The number of hydrogen-bond donors (Lipinski definition) is 1. The van der Waals surface area contributed by atoms with Crippen LogP contribution in [0.25, 0.3) is 6.08 Å². The predicted octanol–water partition coefficient (Wildman–Crippen LogP) is 3.65. The molecule has 0 aliphatic heterocycles. The molecule has 0 aliphatic carbocycles. The number of ketones is 1. The first-order valence-electron chi connectivity index (χ1n) is 8.42. The zero-order valence-electron chi connectivity index (χ0n) is 16.6. The topological polar surface area (TPSA) is 74.0 Å². The normalized spacial score (nSPS) is 11.1. The summed E-state index contributed by atoms with van der Waals surface area (Å²) in [7, 11) is 8.42. The molecule has 2 aromatic carbocycles. The van der Waals surface area contributed by atoms with Gasteiger partial charge in [-0.1, -0.05) is 6.07 Å². The third-order valence-electron chi connectivity index (χ3n) is 4.23. The number of benzene rings is 2. The van der Waals surface area contributed by atoms with Crippen molar-refractivity contribution in [1.29, 1.82) is 0 Å². The van der Waals surface area contributed by atoms with E-state index in [9.17, 15) is 4.79 Å². The number of hydrogen-bond acceptors (Lipinski definition) is 6. The van der Waals surface area contributed by atoms with Gasteiger partial charge in [-0.2, -0.15) is 0 Å². The molecule has 0 atom stereocenters. The summed E-state index contributed by atoms with van der Waals surface area (Å²) in [5, 5.41) is 0. The molecule has 0 heterocycles. The number of allylic oxidation sites excluding steroid dienone is 1. The second-order valence-corrected chi connectivity index (χ2v) is 6.28. The van der Waals surface area contributed by atoms with Crippen molar-refractivity contribution in [2.45, 2.75) is 6.92 Å². The van der Waals surface area contributed by atoms with Crippen LogP contribution in [0.1, 0.15) is 22.8 Å². The Labute approximate surface area is 160 Å². The number of ether oxygens (including phenoxy) is 3. The summed E-state index contributed by atoms with van der Waals surface area (Å²) in [6.45, 7) is 1.77. The van der Waals surface area contributed by atoms with Crippen molar-refractivity contribution in [3.8, 4) is 17.2 Å². The van der Waals surface area contributed by atoms with Gasteiger partial charge < -0.3 is 24.8 Å². The lowest BCUT2D eigenvalue weighted by atomic mass is 10.0. The smallest absolute Gasteiger partial charge is 0.192 e. The van der Waals surface area contributed by atoms with Crippen LogP contribution in [0.4, 0.5) is 11.4 Å². The Morgan fingerprint density at radius 1 is 0.963 bits per heavy atom. The largest absolute Gasteiger partial charge is 0.496 e. The molecule has 27 heavy (non-hydrogen) atoms. The van der Waals surface area contributed by atoms with Crippen LogP contribution in [0.3, 0.4) is 0 Å². The average molecular weight is 370 g/mol. The molecule has 0 radical (unpaired) electrons. The van der Waals surface area contributed by atoms with E-state index < -0.39 is 0 Å². The minimum Gasteiger partial charge on any atom is -0.496 e. The number of nitrogen functional groups attached to an aromatic ring is 1. The van der Waals surface area contributed by atoms with Gasteiger partial charge in [0.2, 0.25) is 0 Å². The molecule has 6 heteroatoms. The standard InChI is InChI=1S/C21H26N2O4/c1-13(9-14-7-8-16(22)17(10-14)23(2)3)21(24)15-11-19(26-5)20(27-6)12-18(15)25-4/h7-12H,22H2,1-6H3. The van der Waals surface area contributed by atoms with Crippen molar-refractivity contribution >= 4 is 23.2 Å². The van der Waals surface area contributed by atoms with E-state index in [1.807, 2.05) is 43.3 Å². The molecule has 0 saturated carbocycles. The molecule has 0 spiro atoms. The minimum atomic E-state index is -0.156. The van der Waals surface area contributed by atoms with Crippen LogP contribution in [-0.4, -0.2) is 41.2 Å². The van der Waals surface area contributed by atoms with Gasteiger partial charge in [0, 0.05) is 20.2 Å². The van der Waals surface area contributed by atoms with Crippen LogP contribution in [-0.2, 0) is 0 Å². The number of carbonyl (C=O) groups excluding carboxylic acids is 1. The van der Waals surface area contributed by atoms with Crippen LogP contribution in [0.15, 0.2) is 35.9 Å². The third-order valence-corrected chi connectivity index (χ3v) is 4.23. The van der Waals surface area contributed by atoms with Crippen molar-refractivity contribution in [3.05, 3.63) is 47.0 Å². The number of anilines is 2.